The number of benzene rings is 1. The largest absolute Gasteiger partial charge is 0.324 e. The lowest BCUT2D eigenvalue weighted by atomic mass is 10.1. The van der Waals surface area contributed by atoms with Gasteiger partial charge in [-0.05, 0) is 30.2 Å². The van der Waals surface area contributed by atoms with Crippen LogP contribution in [0.3, 0.4) is 0 Å². The average molecular weight is 232 g/mol. The minimum absolute atomic E-state index is 0.0879. The predicted octanol–water partition coefficient (Wildman–Crippen LogP) is 3.00. The number of nitrogens with two attached hydrogens (primary N) is 1. The van der Waals surface area contributed by atoms with Gasteiger partial charge in [0, 0.05) is 10.5 Å². The van der Waals surface area contributed by atoms with Crippen molar-refractivity contribution in [3.63, 3.8) is 0 Å². The lowest BCUT2D eigenvalue weighted by molar-refractivity contribution is 0.615. The molecule has 1 aromatic carbocycles. The third kappa shape index (κ3) is 2.05. The molecule has 0 spiro atoms. The molecule has 1 nitrogen and oxygen atoms in total. The van der Waals surface area contributed by atoms with E-state index in [0.29, 0.717) is 0 Å². The summed E-state index contributed by atoms with van der Waals surface area (Å²) in [5, 5.41) is 0. The molecule has 66 valence electrons. The molecule has 0 aromatic heterocycles. The molecule has 12 heavy (non-hydrogen) atoms. The van der Waals surface area contributed by atoms with E-state index in [0.717, 1.165) is 16.5 Å². The third-order valence-electron chi connectivity index (χ3n) is 1.80. The van der Waals surface area contributed by atoms with Crippen LogP contribution in [0.15, 0.2) is 22.7 Å². The zero-order valence-corrected chi connectivity index (χ0v) is 8.44. The normalized spacial score (nSPS) is 13.0. The van der Waals surface area contributed by atoms with Crippen LogP contribution < -0.4 is 5.73 Å². The molecule has 0 bridgehead atoms. The summed E-state index contributed by atoms with van der Waals surface area (Å²) >= 11 is 3.33. The number of rotatable bonds is 2. The van der Waals surface area contributed by atoms with Crippen LogP contribution in [-0.2, 0) is 0 Å². The average Bonchev–Trinajstić information content (AvgIpc) is 2.08. The number of halogens is 2. The third-order valence-corrected chi connectivity index (χ3v) is 2.52. The first-order valence-corrected chi connectivity index (χ1v) is 4.65. The van der Waals surface area contributed by atoms with Gasteiger partial charge in [-0.2, -0.15) is 0 Å². The monoisotopic (exact) mass is 231 g/mol. The summed E-state index contributed by atoms with van der Waals surface area (Å²) in [5.74, 6) is -0.239. The summed E-state index contributed by atoms with van der Waals surface area (Å²) in [4.78, 5) is 0. The summed E-state index contributed by atoms with van der Waals surface area (Å²) in [7, 11) is 0. The van der Waals surface area contributed by atoms with E-state index in [1.807, 2.05) is 6.92 Å². The van der Waals surface area contributed by atoms with Crippen LogP contribution in [0.5, 0.6) is 0 Å². The molecular weight excluding hydrogens is 221 g/mol. The van der Waals surface area contributed by atoms with Crippen molar-refractivity contribution in [2.24, 2.45) is 5.73 Å². The summed E-state index contributed by atoms with van der Waals surface area (Å²) in [6.45, 7) is 1.97. The number of hydrogen-bond donors (Lipinski definition) is 1. The summed E-state index contributed by atoms with van der Waals surface area (Å²) < 4.78 is 13.6. The zero-order chi connectivity index (χ0) is 9.14. The van der Waals surface area contributed by atoms with E-state index in [-0.39, 0.29) is 11.9 Å². The highest BCUT2D eigenvalue weighted by Gasteiger charge is 2.08. The molecule has 1 aromatic rings. The number of hydrogen-bond acceptors (Lipinski definition) is 1. The van der Waals surface area contributed by atoms with Gasteiger partial charge in [0.25, 0.3) is 0 Å². The fourth-order valence-corrected chi connectivity index (χ4v) is 1.56. The molecule has 0 aliphatic heterocycles. The molecule has 3 heteroatoms. The first-order chi connectivity index (χ1) is 5.65. The van der Waals surface area contributed by atoms with Gasteiger partial charge < -0.3 is 5.73 Å². The van der Waals surface area contributed by atoms with E-state index < -0.39 is 0 Å². The van der Waals surface area contributed by atoms with E-state index >= 15 is 0 Å². The molecule has 0 heterocycles. The summed E-state index contributed by atoms with van der Waals surface area (Å²) in [5.41, 5.74) is 6.60. The molecule has 0 aliphatic carbocycles. The lowest BCUT2D eigenvalue weighted by Gasteiger charge is -2.10. The Morgan fingerprint density at radius 3 is 2.83 bits per heavy atom. The molecule has 0 amide bonds. The van der Waals surface area contributed by atoms with E-state index in [4.69, 9.17) is 5.73 Å². The van der Waals surface area contributed by atoms with Crippen LogP contribution in [0.1, 0.15) is 24.9 Å². The molecular formula is C9H11BrFN. The minimum atomic E-state index is -0.239. The topological polar surface area (TPSA) is 26.0 Å². The Morgan fingerprint density at radius 1 is 1.58 bits per heavy atom. The predicted molar refractivity (Wildman–Crippen MR) is 51.3 cm³/mol. The van der Waals surface area contributed by atoms with Crippen LogP contribution in [0, 0.1) is 5.82 Å². The SMILES string of the molecule is CC[C@@H](N)c1cc(F)ccc1Br. The van der Waals surface area contributed by atoms with E-state index in [1.165, 1.54) is 12.1 Å². The molecule has 0 aliphatic rings. The first kappa shape index (κ1) is 9.68. The van der Waals surface area contributed by atoms with Crippen molar-refractivity contribution in [3.8, 4) is 0 Å². The van der Waals surface area contributed by atoms with E-state index in [1.54, 1.807) is 6.07 Å². The summed E-state index contributed by atoms with van der Waals surface area (Å²) in [6.07, 6.45) is 0.808. The molecule has 0 fully saturated rings. The van der Waals surface area contributed by atoms with Gasteiger partial charge in [-0.25, -0.2) is 4.39 Å². The fourth-order valence-electron chi connectivity index (χ4n) is 1.02. The molecule has 1 atom stereocenters. The van der Waals surface area contributed by atoms with Crippen LogP contribution in [0.25, 0.3) is 0 Å². The van der Waals surface area contributed by atoms with Crippen molar-refractivity contribution < 1.29 is 4.39 Å². The van der Waals surface area contributed by atoms with Crippen LogP contribution in [0.2, 0.25) is 0 Å². The molecule has 0 saturated carbocycles. The van der Waals surface area contributed by atoms with Gasteiger partial charge in [-0.15, -0.1) is 0 Å². The molecule has 0 saturated heterocycles. The highest BCUT2D eigenvalue weighted by Crippen LogP contribution is 2.24. The second-order valence-electron chi connectivity index (χ2n) is 2.68. The highest BCUT2D eigenvalue weighted by atomic mass is 79.9. The molecule has 0 radical (unpaired) electrons. The Hall–Kier alpha value is -0.410. The van der Waals surface area contributed by atoms with Gasteiger partial charge >= 0.3 is 0 Å². The molecule has 1 rings (SSSR count). The quantitative estimate of drug-likeness (QED) is 0.833. The Kier molecular flexibility index (Phi) is 3.23. The van der Waals surface area contributed by atoms with Gasteiger partial charge in [-0.3, -0.25) is 0 Å². The van der Waals surface area contributed by atoms with Gasteiger partial charge in [0.15, 0.2) is 0 Å². The van der Waals surface area contributed by atoms with Crippen LogP contribution >= 0.6 is 15.9 Å². The van der Waals surface area contributed by atoms with Gasteiger partial charge in [-0.1, -0.05) is 22.9 Å². The second kappa shape index (κ2) is 4.01. The Bertz CT molecular complexity index is 275. The first-order valence-electron chi connectivity index (χ1n) is 3.85. The van der Waals surface area contributed by atoms with Gasteiger partial charge in [0.1, 0.15) is 5.82 Å². The van der Waals surface area contributed by atoms with Crippen molar-refractivity contribution in [3.05, 3.63) is 34.1 Å². The van der Waals surface area contributed by atoms with Gasteiger partial charge in [0.05, 0.1) is 0 Å². The Labute approximate surface area is 79.9 Å². The van der Waals surface area contributed by atoms with Crippen molar-refractivity contribution in [2.45, 2.75) is 19.4 Å². The van der Waals surface area contributed by atoms with Crippen molar-refractivity contribution in [1.82, 2.24) is 0 Å². The molecule has 0 unspecified atom stereocenters. The maximum absolute atomic E-state index is 12.8. The van der Waals surface area contributed by atoms with E-state index in [9.17, 15) is 4.39 Å². The highest BCUT2D eigenvalue weighted by molar-refractivity contribution is 9.10. The smallest absolute Gasteiger partial charge is 0.123 e. The van der Waals surface area contributed by atoms with Crippen LogP contribution in [0.4, 0.5) is 4.39 Å². The van der Waals surface area contributed by atoms with Gasteiger partial charge in [0.2, 0.25) is 0 Å². The van der Waals surface area contributed by atoms with E-state index in [2.05, 4.69) is 15.9 Å². The standard InChI is InChI=1S/C9H11BrFN/c1-2-9(12)7-5-6(11)3-4-8(7)10/h3-5,9H,2,12H2,1H3/t9-/m1/s1. The zero-order valence-electron chi connectivity index (χ0n) is 6.85. The van der Waals surface area contributed by atoms with Crippen molar-refractivity contribution in [2.75, 3.05) is 0 Å². The Balaban J connectivity index is 3.04. The van der Waals surface area contributed by atoms with Crippen LogP contribution in [-0.4, -0.2) is 0 Å². The fraction of sp³-hybridized carbons (Fsp3) is 0.333. The lowest BCUT2D eigenvalue weighted by Crippen LogP contribution is -2.09. The molecule has 2 N–H and O–H groups in total. The second-order valence-corrected chi connectivity index (χ2v) is 3.53. The summed E-state index contributed by atoms with van der Waals surface area (Å²) in [6, 6.07) is 4.48. The minimum Gasteiger partial charge on any atom is -0.324 e. The Morgan fingerprint density at radius 2 is 2.25 bits per heavy atom. The maximum atomic E-state index is 12.8. The van der Waals surface area contributed by atoms with Crippen molar-refractivity contribution in [1.29, 1.82) is 0 Å². The van der Waals surface area contributed by atoms with Crippen molar-refractivity contribution >= 4 is 15.9 Å². The maximum Gasteiger partial charge on any atom is 0.123 e.